The molecule has 1 fully saturated rings. The van der Waals surface area contributed by atoms with Crippen molar-refractivity contribution in [3.63, 3.8) is 0 Å². The van der Waals surface area contributed by atoms with Gasteiger partial charge in [-0.05, 0) is 56.3 Å². The van der Waals surface area contributed by atoms with Crippen molar-refractivity contribution in [2.45, 2.75) is 33.2 Å². The Labute approximate surface area is 175 Å². The SMILES string of the molecule is CCCN1C(=O)/C(=C\c2cn(C(C)C)c3ccccc23)SC1=Nc1ccccc1. The molecule has 5 heteroatoms. The van der Waals surface area contributed by atoms with Gasteiger partial charge >= 0.3 is 0 Å². The molecule has 1 saturated heterocycles. The molecule has 3 aromatic rings. The van der Waals surface area contributed by atoms with Crippen LogP contribution in [0.3, 0.4) is 0 Å². The first-order chi connectivity index (χ1) is 14.1. The maximum atomic E-state index is 13.1. The number of aromatic nitrogens is 1. The van der Waals surface area contributed by atoms with Gasteiger partial charge in [-0.3, -0.25) is 9.69 Å². The Morgan fingerprint density at radius 2 is 1.79 bits per heavy atom. The summed E-state index contributed by atoms with van der Waals surface area (Å²) < 4.78 is 2.26. The lowest BCUT2D eigenvalue weighted by Crippen LogP contribution is -2.29. The van der Waals surface area contributed by atoms with Crippen LogP contribution < -0.4 is 0 Å². The number of thioether (sulfide) groups is 1. The zero-order valence-corrected chi connectivity index (χ0v) is 17.8. The van der Waals surface area contributed by atoms with Crippen molar-refractivity contribution < 1.29 is 4.79 Å². The van der Waals surface area contributed by atoms with Crippen molar-refractivity contribution in [1.29, 1.82) is 0 Å². The molecule has 1 aliphatic rings. The van der Waals surface area contributed by atoms with E-state index in [-0.39, 0.29) is 5.91 Å². The Morgan fingerprint density at radius 3 is 2.52 bits per heavy atom. The number of rotatable bonds is 5. The van der Waals surface area contributed by atoms with Crippen LogP contribution in [0.15, 0.2) is 70.7 Å². The molecule has 4 rings (SSSR count). The summed E-state index contributed by atoms with van der Waals surface area (Å²) in [4.78, 5) is 20.4. The Kier molecular flexibility index (Phi) is 5.58. The average molecular weight is 404 g/mol. The number of hydrogen-bond donors (Lipinski definition) is 0. The molecule has 4 nitrogen and oxygen atoms in total. The molecule has 2 heterocycles. The minimum atomic E-state index is 0.0351. The predicted molar refractivity (Wildman–Crippen MR) is 123 cm³/mol. The first-order valence-electron chi connectivity index (χ1n) is 10.0. The maximum Gasteiger partial charge on any atom is 0.266 e. The third-order valence-corrected chi connectivity index (χ3v) is 5.94. The van der Waals surface area contributed by atoms with Crippen molar-refractivity contribution in [3.8, 4) is 0 Å². The number of aliphatic imine (C=N–C) groups is 1. The molecule has 0 radical (unpaired) electrons. The van der Waals surface area contributed by atoms with E-state index < -0.39 is 0 Å². The van der Waals surface area contributed by atoms with E-state index in [1.807, 2.05) is 42.5 Å². The second-order valence-corrected chi connectivity index (χ2v) is 8.41. The monoisotopic (exact) mass is 403 g/mol. The summed E-state index contributed by atoms with van der Waals surface area (Å²) in [6, 6.07) is 18.5. The summed E-state index contributed by atoms with van der Waals surface area (Å²) >= 11 is 1.46. The molecule has 0 N–H and O–H groups in total. The van der Waals surface area contributed by atoms with E-state index in [4.69, 9.17) is 4.99 Å². The van der Waals surface area contributed by atoms with E-state index in [2.05, 4.69) is 49.7 Å². The van der Waals surface area contributed by atoms with Gasteiger partial charge in [-0.25, -0.2) is 4.99 Å². The van der Waals surface area contributed by atoms with E-state index in [1.54, 1.807) is 4.90 Å². The fraction of sp³-hybridized carbons (Fsp3) is 0.250. The Hall–Kier alpha value is -2.79. The molecule has 0 saturated carbocycles. The molecule has 0 spiro atoms. The average Bonchev–Trinajstić information content (AvgIpc) is 3.23. The molecule has 0 aliphatic carbocycles. The Balaban J connectivity index is 1.76. The standard InChI is InChI=1S/C24H25N3OS/c1-4-14-26-23(28)22(29-24(26)25-19-10-6-5-7-11-19)15-18-16-27(17(2)3)21-13-9-8-12-20(18)21/h5-13,15-17H,4,14H2,1-3H3/b22-15+,25-24?. The fourth-order valence-corrected chi connectivity index (χ4v) is 4.56. The highest BCUT2D eigenvalue weighted by atomic mass is 32.2. The highest BCUT2D eigenvalue weighted by Crippen LogP contribution is 2.36. The van der Waals surface area contributed by atoms with Crippen molar-refractivity contribution in [1.82, 2.24) is 9.47 Å². The molecular formula is C24H25N3OS. The summed E-state index contributed by atoms with van der Waals surface area (Å²) in [5.41, 5.74) is 3.12. The largest absolute Gasteiger partial charge is 0.344 e. The lowest BCUT2D eigenvalue weighted by molar-refractivity contribution is -0.122. The molecule has 148 valence electrons. The molecule has 2 aromatic carbocycles. The van der Waals surface area contributed by atoms with Crippen LogP contribution in [0, 0.1) is 0 Å². The summed E-state index contributed by atoms with van der Waals surface area (Å²) in [7, 11) is 0. The fourth-order valence-electron chi connectivity index (χ4n) is 3.54. The number of nitrogens with zero attached hydrogens (tertiary/aromatic N) is 3. The van der Waals surface area contributed by atoms with E-state index in [9.17, 15) is 4.79 Å². The summed E-state index contributed by atoms with van der Waals surface area (Å²) in [5.74, 6) is 0.0351. The molecule has 0 unspecified atom stereocenters. The molecule has 29 heavy (non-hydrogen) atoms. The second kappa shape index (κ2) is 8.29. The quantitative estimate of drug-likeness (QED) is 0.473. The Morgan fingerprint density at radius 1 is 1.07 bits per heavy atom. The summed E-state index contributed by atoms with van der Waals surface area (Å²) in [5, 5.41) is 1.92. The lowest BCUT2D eigenvalue weighted by atomic mass is 10.1. The molecule has 0 bridgehead atoms. The Bertz CT molecular complexity index is 1100. The van der Waals surface area contributed by atoms with Crippen LogP contribution in [0.1, 0.15) is 38.8 Å². The minimum Gasteiger partial charge on any atom is -0.344 e. The molecule has 1 amide bonds. The van der Waals surface area contributed by atoms with Crippen LogP contribution in [0.25, 0.3) is 17.0 Å². The van der Waals surface area contributed by atoms with Gasteiger partial charge in [0.05, 0.1) is 10.6 Å². The third kappa shape index (κ3) is 3.87. The minimum absolute atomic E-state index is 0.0351. The normalized spacial score (nSPS) is 17.4. The third-order valence-electron chi connectivity index (χ3n) is 4.93. The summed E-state index contributed by atoms with van der Waals surface area (Å²) in [6.45, 7) is 7.09. The van der Waals surface area contributed by atoms with Crippen molar-refractivity contribution >= 4 is 45.5 Å². The van der Waals surface area contributed by atoms with Gasteiger partial charge in [0, 0.05) is 35.2 Å². The first kappa shape index (κ1) is 19.5. The smallest absolute Gasteiger partial charge is 0.266 e. The molecular weight excluding hydrogens is 378 g/mol. The van der Waals surface area contributed by atoms with Gasteiger partial charge in [-0.2, -0.15) is 0 Å². The summed E-state index contributed by atoms with van der Waals surface area (Å²) in [6.07, 6.45) is 5.05. The van der Waals surface area contributed by atoms with Crippen LogP contribution in [-0.4, -0.2) is 27.1 Å². The zero-order valence-electron chi connectivity index (χ0n) is 17.0. The second-order valence-electron chi connectivity index (χ2n) is 7.40. The highest BCUT2D eigenvalue weighted by molar-refractivity contribution is 8.18. The number of carbonyl (C=O) groups excluding carboxylic acids is 1. The van der Waals surface area contributed by atoms with Crippen LogP contribution in [0.4, 0.5) is 5.69 Å². The number of fused-ring (bicyclic) bond motifs is 1. The van der Waals surface area contributed by atoms with Gasteiger partial charge < -0.3 is 4.57 Å². The van der Waals surface area contributed by atoms with Gasteiger partial charge in [0.2, 0.25) is 0 Å². The van der Waals surface area contributed by atoms with Crippen LogP contribution in [0.2, 0.25) is 0 Å². The topological polar surface area (TPSA) is 37.6 Å². The van der Waals surface area contributed by atoms with Gasteiger partial charge in [-0.15, -0.1) is 0 Å². The van der Waals surface area contributed by atoms with Crippen LogP contribution in [0.5, 0.6) is 0 Å². The number of carbonyl (C=O) groups is 1. The molecule has 0 atom stereocenters. The van der Waals surface area contributed by atoms with Gasteiger partial charge in [0.25, 0.3) is 5.91 Å². The number of amides is 1. The number of amidine groups is 1. The molecule has 1 aromatic heterocycles. The van der Waals surface area contributed by atoms with Gasteiger partial charge in [-0.1, -0.05) is 43.3 Å². The van der Waals surface area contributed by atoms with Crippen LogP contribution in [-0.2, 0) is 4.79 Å². The van der Waals surface area contributed by atoms with E-state index in [1.165, 1.54) is 17.3 Å². The zero-order chi connectivity index (χ0) is 20.4. The lowest BCUT2D eigenvalue weighted by Gasteiger charge is -2.13. The van der Waals surface area contributed by atoms with E-state index in [0.717, 1.165) is 33.1 Å². The van der Waals surface area contributed by atoms with Gasteiger partial charge in [0.15, 0.2) is 5.17 Å². The van der Waals surface area contributed by atoms with Crippen molar-refractivity contribution in [2.75, 3.05) is 6.54 Å². The number of hydrogen-bond acceptors (Lipinski definition) is 3. The van der Waals surface area contributed by atoms with Gasteiger partial charge in [0.1, 0.15) is 0 Å². The van der Waals surface area contributed by atoms with E-state index >= 15 is 0 Å². The highest BCUT2D eigenvalue weighted by Gasteiger charge is 2.33. The molecule has 1 aliphatic heterocycles. The maximum absolute atomic E-state index is 13.1. The van der Waals surface area contributed by atoms with Crippen molar-refractivity contribution in [2.24, 2.45) is 4.99 Å². The number of benzene rings is 2. The number of para-hydroxylation sites is 2. The van der Waals surface area contributed by atoms with E-state index in [0.29, 0.717) is 12.6 Å². The van der Waals surface area contributed by atoms with Crippen LogP contribution >= 0.6 is 11.8 Å². The van der Waals surface area contributed by atoms with Crippen molar-refractivity contribution in [3.05, 3.63) is 71.3 Å². The predicted octanol–water partition coefficient (Wildman–Crippen LogP) is 6.24. The first-order valence-corrected chi connectivity index (χ1v) is 10.8.